The number of carbonyl (C=O) groups is 1. The van der Waals surface area contributed by atoms with Crippen molar-refractivity contribution in [1.29, 1.82) is 0 Å². The molecular weight excluding hydrogens is 408 g/mol. The van der Waals surface area contributed by atoms with Gasteiger partial charge in [-0.25, -0.2) is 0 Å². The molecule has 7 heteroatoms. The van der Waals surface area contributed by atoms with Gasteiger partial charge < -0.3 is 10.5 Å². The Hall–Kier alpha value is 1.55. The second-order valence-corrected chi connectivity index (χ2v) is 3.51. The van der Waals surface area contributed by atoms with Crippen LogP contribution < -0.4 is 0 Å². The predicted molar refractivity (Wildman–Crippen MR) is 58.2 cm³/mol. The van der Waals surface area contributed by atoms with Crippen LogP contribution in [0.5, 0.6) is 0 Å². The van der Waals surface area contributed by atoms with E-state index in [2.05, 4.69) is 26.1 Å². The molecular formula is C8H5BrN3ORbY-. The minimum Gasteiger partial charge on any atom is -0.662 e. The van der Waals surface area contributed by atoms with Crippen molar-refractivity contribution < 1.29 is 37.5 Å². The Kier molecular flexibility index (Phi) is 7.82. The fraction of sp³-hybridized carbons (Fsp3) is 0. The Morgan fingerprint density at radius 1 is 1.47 bits per heavy atom. The van der Waals surface area contributed by atoms with Crippen molar-refractivity contribution in [2.75, 3.05) is 0 Å². The molecule has 1 heterocycles. The van der Waals surface area contributed by atoms with Crippen LogP contribution in [-0.2, 0) is 32.7 Å². The number of H-pyrrole nitrogens is 1. The first-order chi connectivity index (χ1) is 6.18. The number of fused-ring (bicyclic) bond motifs is 1. The van der Waals surface area contributed by atoms with Gasteiger partial charge in [0.25, 0.3) is 0 Å². The number of aromatic nitrogens is 2. The average Bonchev–Trinajstić information content (AvgIpc) is 2.46. The SMILES string of the molecule is [NH-]C(=O)c1n[nH]c2ccc(Br)cc12.[Rb].[Y]. The van der Waals surface area contributed by atoms with E-state index in [1.165, 1.54) is 0 Å². The standard InChI is InChI=1S/C8H6BrN3O.Rb.Y/c9-4-1-2-6-5(3-4)7(8(10)13)12-11-6;;/h1-3H,(H3,10,11,12,13);;/p-1. The van der Waals surface area contributed by atoms with Crippen LogP contribution in [0.15, 0.2) is 22.7 Å². The molecule has 2 radical (unpaired) electrons. The van der Waals surface area contributed by atoms with E-state index < -0.39 is 5.91 Å². The van der Waals surface area contributed by atoms with Crippen LogP contribution in [0.1, 0.15) is 10.5 Å². The van der Waals surface area contributed by atoms with Crippen molar-refractivity contribution in [3.8, 4) is 0 Å². The third-order valence-electron chi connectivity index (χ3n) is 1.74. The van der Waals surface area contributed by atoms with E-state index in [9.17, 15) is 4.79 Å². The molecule has 0 aliphatic rings. The number of hydrogen-bond donors (Lipinski definition) is 1. The van der Waals surface area contributed by atoms with Gasteiger partial charge in [-0.1, -0.05) is 15.9 Å². The third kappa shape index (κ3) is 3.76. The number of halogens is 1. The molecule has 70 valence electrons. The van der Waals surface area contributed by atoms with Gasteiger partial charge in [0.1, 0.15) is 11.6 Å². The number of nitrogens with zero attached hydrogens (tertiary/aromatic N) is 1. The van der Waals surface area contributed by atoms with Crippen LogP contribution >= 0.6 is 15.9 Å². The first-order valence-electron chi connectivity index (χ1n) is 3.58. The zero-order valence-corrected chi connectivity index (χ0v) is 17.4. The molecule has 1 aromatic carbocycles. The van der Waals surface area contributed by atoms with Crippen LogP contribution in [0.3, 0.4) is 0 Å². The van der Waals surface area contributed by atoms with Crippen molar-refractivity contribution in [2.24, 2.45) is 0 Å². The quantitative estimate of drug-likeness (QED) is 0.778. The number of aromatic amines is 1. The zero-order chi connectivity index (χ0) is 9.42. The largest absolute Gasteiger partial charge is 0.662 e. The van der Waals surface area contributed by atoms with Crippen LogP contribution in [0.4, 0.5) is 0 Å². The van der Waals surface area contributed by atoms with E-state index in [4.69, 9.17) is 5.73 Å². The molecule has 0 spiro atoms. The topological polar surface area (TPSA) is 69.6 Å². The zero-order valence-electron chi connectivity index (χ0n) is 8.04. The van der Waals surface area contributed by atoms with Crippen molar-refractivity contribution in [1.82, 2.24) is 10.2 Å². The third-order valence-corrected chi connectivity index (χ3v) is 2.23. The number of rotatable bonds is 1. The van der Waals surface area contributed by atoms with Crippen molar-refractivity contribution in [3.63, 3.8) is 0 Å². The minimum atomic E-state index is -0.774. The van der Waals surface area contributed by atoms with Crippen LogP contribution in [-0.4, -0.2) is 74.3 Å². The molecule has 0 saturated carbocycles. The summed E-state index contributed by atoms with van der Waals surface area (Å²) in [5, 5.41) is 7.11. The van der Waals surface area contributed by atoms with Gasteiger partial charge in [-0.2, -0.15) is 5.10 Å². The fourth-order valence-corrected chi connectivity index (χ4v) is 1.52. The van der Waals surface area contributed by atoms with E-state index in [1.807, 2.05) is 6.07 Å². The second kappa shape index (κ2) is 7.09. The smallest absolute Gasteiger partial charge is 0.117 e. The Bertz CT molecular complexity index is 488. The van der Waals surface area contributed by atoms with E-state index in [1.54, 1.807) is 12.1 Å². The number of hydrogen-bond acceptors (Lipinski definition) is 2. The Labute approximate surface area is 169 Å². The van der Waals surface area contributed by atoms with E-state index in [0.717, 1.165) is 9.99 Å². The molecule has 4 nitrogen and oxygen atoms in total. The monoisotopic (exact) mass is 412 g/mol. The molecule has 0 aliphatic carbocycles. The molecule has 2 N–H and O–H groups in total. The number of amides is 1. The van der Waals surface area contributed by atoms with Gasteiger partial charge in [0.15, 0.2) is 0 Å². The number of nitrogens with one attached hydrogen (secondary N) is 2. The molecule has 0 aliphatic heterocycles. The molecule has 1 amide bonds. The van der Waals surface area contributed by atoms with Crippen LogP contribution in [0.2, 0.25) is 0 Å². The summed E-state index contributed by atoms with van der Waals surface area (Å²) in [5.74, 6) is -0.774. The van der Waals surface area contributed by atoms with Crippen molar-refractivity contribution in [3.05, 3.63) is 34.1 Å². The number of carbonyl (C=O) groups excluding carboxylic acids is 1. The fourth-order valence-electron chi connectivity index (χ4n) is 1.16. The van der Waals surface area contributed by atoms with Gasteiger partial charge >= 0.3 is 0 Å². The van der Waals surface area contributed by atoms with Gasteiger partial charge in [-0.3, -0.25) is 5.10 Å². The van der Waals surface area contributed by atoms with Gasteiger partial charge in [-0.15, -0.1) is 0 Å². The Morgan fingerprint density at radius 2 is 2.13 bits per heavy atom. The van der Waals surface area contributed by atoms with Gasteiger partial charge in [0.2, 0.25) is 0 Å². The molecule has 2 rings (SSSR count). The molecule has 0 atom stereocenters. The van der Waals surface area contributed by atoms with Crippen LogP contribution in [0, 0.1) is 0 Å². The molecule has 15 heavy (non-hydrogen) atoms. The maximum absolute atomic E-state index is 10.8. The first-order valence-corrected chi connectivity index (χ1v) is 4.37. The Morgan fingerprint density at radius 3 is 2.73 bits per heavy atom. The predicted octanol–water partition coefficient (Wildman–Crippen LogP) is 2.13. The number of benzene rings is 1. The normalized spacial score (nSPS) is 9.13. The summed E-state index contributed by atoms with van der Waals surface area (Å²) in [6.45, 7) is 0. The van der Waals surface area contributed by atoms with Gasteiger partial charge in [0.05, 0.1) is 5.52 Å². The summed E-state index contributed by atoms with van der Waals surface area (Å²) in [5.41, 5.74) is 7.88. The van der Waals surface area contributed by atoms with Gasteiger partial charge in [0, 0.05) is 101 Å². The molecule has 0 fully saturated rings. The van der Waals surface area contributed by atoms with E-state index in [0.29, 0.717) is 5.39 Å². The average molecular weight is 413 g/mol. The molecule has 0 saturated heterocycles. The van der Waals surface area contributed by atoms with Crippen LogP contribution in [0.25, 0.3) is 16.6 Å². The summed E-state index contributed by atoms with van der Waals surface area (Å²) in [6, 6.07) is 5.41. The summed E-state index contributed by atoms with van der Waals surface area (Å²) in [7, 11) is 0. The molecule has 2 aromatic rings. The molecule has 0 unspecified atom stereocenters. The molecule has 1 aromatic heterocycles. The first kappa shape index (κ1) is 16.5. The second-order valence-electron chi connectivity index (χ2n) is 2.59. The summed E-state index contributed by atoms with van der Waals surface area (Å²) >= 11 is 3.29. The minimum absolute atomic E-state index is 0. The maximum Gasteiger partial charge on any atom is 0.117 e. The maximum atomic E-state index is 10.8. The summed E-state index contributed by atoms with van der Waals surface area (Å²) in [6.07, 6.45) is 0. The van der Waals surface area contributed by atoms with E-state index >= 15 is 0 Å². The summed E-state index contributed by atoms with van der Waals surface area (Å²) in [4.78, 5) is 10.8. The Balaban J connectivity index is 0.000000980. The van der Waals surface area contributed by atoms with Gasteiger partial charge in [-0.05, 0) is 18.2 Å². The summed E-state index contributed by atoms with van der Waals surface area (Å²) < 4.78 is 0.865. The molecule has 0 bridgehead atoms. The van der Waals surface area contributed by atoms with Crippen molar-refractivity contribution in [2.45, 2.75) is 0 Å². The van der Waals surface area contributed by atoms with Crippen molar-refractivity contribution >= 4 is 90.9 Å². The van der Waals surface area contributed by atoms with E-state index in [-0.39, 0.29) is 96.6 Å².